The Hall–Kier alpha value is -2.42. The molecule has 0 unspecified atom stereocenters. The summed E-state index contributed by atoms with van der Waals surface area (Å²) >= 11 is 0. The molecule has 0 amide bonds. The van der Waals surface area contributed by atoms with Gasteiger partial charge in [-0.05, 0) is 42.3 Å². The van der Waals surface area contributed by atoms with Crippen LogP contribution >= 0.6 is 0 Å². The van der Waals surface area contributed by atoms with Gasteiger partial charge in [0.05, 0.1) is 11.2 Å². The SMILES string of the molecule is Cc1ccc(F)c(NCc2ccnc3ccccc23)c1. The molecule has 0 aliphatic carbocycles. The Morgan fingerprint density at radius 3 is 2.85 bits per heavy atom. The van der Waals surface area contributed by atoms with Crippen molar-refractivity contribution in [2.24, 2.45) is 0 Å². The number of halogens is 1. The molecular weight excluding hydrogens is 251 g/mol. The highest BCUT2D eigenvalue weighted by molar-refractivity contribution is 5.82. The number of pyridine rings is 1. The molecule has 0 saturated carbocycles. The summed E-state index contributed by atoms with van der Waals surface area (Å²) in [4.78, 5) is 4.33. The Labute approximate surface area is 117 Å². The van der Waals surface area contributed by atoms with Gasteiger partial charge in [-0.2, -0.15) is 0 Å². The summed E-state index contributed by atoms with van der Waals surface area (Å²) in [6.45, 7) is 2.52. The van der Waals surface area contributed by atoms with Gasteiger partial charge in [0.2, 0.25) is 0 Å². The molecule has 20 heavy (non-hydrogen) atoms. The van der Waals surface area contributed by atoms with E-state index in [1.807, 2.05) is 43.3 Å². The third-order valence-electron chi connectivity index (χ3n) is 3.33. The van der Waals surface area contributed by atoms with Gasteiger partial charge in [-0.15, -0.1) is 0 Å². The summed E-state index contributed by atoms with van der Waals surface area (Å²) in [5.41, 5.74) is 3.63. The van der Waals surface area contributed by atoms with Gasteiger partial charge in [0, 0.05) is 18.1 Å². The van der Waals surface area contributed by atoms with Crippen LogP contribution in [0.5, 0.6) is 0 Å². The second-order valence-electron chi connectivity index (χ2n) is 4.82. The van der Waals surface area contributed by atoms with Crippen molar-refractivity contribution in [2.75, 3.05) is 5.32 Å². The third-order valence-corrected chi connectivity index (χ3v) is 3.33. The van der Waals surface area contributed by atoms with Crippen LogP contribution in [0.1, 0.15) is 11.1 Å². The van der Waals surface area contributed by atoms with Crippen LogP contribution in [-0.4, -0.2) is 4.98 Å². The lowest BCUT2D eigenvalue weighted by Crippen LogP contribution is -2.02. The van der Waals surface area contributed by atoms with Crippen LogP contribution in [0.25, 0.3) is 10.9 Å². The summed E-state index contributed by atoms with van der Waals surface area (Å²) in [5, 5.41) is 4.25. The molecule has 0 aliphatic rings. The van der Waals surface area contributed by atoms with E-state index < -0.39 is 0 Å². The topological polar surface area (TPSA) is 24.9 Å². The first-order valence-corrected chi connectivity index (χ1v) is 6.57. The lowest BCUT2D eigenvalue weighted by molar-refractivity contribution is 0.629. The first-order chi connectivity index (χ1) is 9.74. The Morgan fingerprint density at radius 1 is 1.10 bits per heavy atom. The molecule has 2 nitrogen and oxygen atoms in total. The zero-order chi connectivity index (χ0) is 13.9. The molecule has 2 aromatic carbocycles. The molecule has 0 spiro atoms. The van der Waals surface area contributed by atoms with E-state index in [4.69, 9.17) is 0 Å². The minimum Gasteiger partial charge on any atom is -0.379 e. The van der Waals surface area contributed by atoms with E-state index in [9.17, 15) is 4.39 Å². The third kappa shape index (κ3) is 2.48. The normalized spacial score (nSPS) is 10.7. The van der Waals surface area contributed by atoms with Gasteiger partial charge in [0.15, 0.2) is 0 Å². The van der Waals surface area contributed by atoms with Crippen molar-refractivity contribution in [3.05, 3.63) is 71.7 Å². The van der Waals surface area contributed by atoms with E-state index in [1.165, 1.54) is 6.07 Å². The van der Waals surface area contributed by atoms with Gasteiger partial charge in [-0.25, -0.2) is 4.39 Å². The Morgan fingerprint density at radius 2 is 1.95 bits per heavy atom. The zero-order valence-corrected chi connectivity index (χ0v) is 11.2. The number of rotatable bonds is 3. The van der Waals surface area contributed by atoms with E-state index in [-0.39, 0.29) is 5.82 Å². The van der Waals surface area contributed by atoms with Crippen molar-refractivity contribution in [2.45, 2.75) is 13.5 Å². The second-order valence-corrected chi connectivity index (χ2v) is 4.82. The van der Waals surface area contributed by atoms with Crippen molar-refractivity contribution in [1.29, 1.82) is 0 Å². The summed E-state index contributed by atoms with van der Waals surface area (Å²) in [5.74, 6) is -0.228. The number of aromatic nitrogens is 1. The fraction of sp³-hybridized carbons (Fsp3) is 0.118. The molecule has 3 aromatic rings. The molecular formula is C17H15FN2. The van der Waals surface area contributed by atoms with Gasteiger partial charge >= 0.3 is 0 Å². The maximum Gasteiger partial charge on any atom is 0.146 e. The molecule has 0 radical (unpaired) electrons. The van der Waals surface area contributed by atoms with Crippen LogP contribution in [0.2, 0.25) is 0 Å². The van der Waals surface area contributed by atoms with Crippen LogP contribution in [0, 0.1) is 12.7 Å². The second kappa shape index (κ2) is 5.29. The Balaban J connectivity index is 1.89. The number of hydrogen-bond donors (Lipinski definition) is 1. The van der Waals surface area contributed by atoms with Crippen LogP contribution < -0.4 is 5.32 Å². The molecule has 0 saturated heterocycles. The molecule has 1 aromatic heterocycles. The average molecular weight is 266 g/mol. The average Bonchev–Trinajstić information content (AvgIpc) is 2.48. The lowest BCUT2D eigenvalue weighted by Gasteiger charge is -2.10. The van der Waals surface area contributed by atoms with Gasteiger partial charge in [0.1, 0.15) is 5.82 Å². The maximum atomic E-state index is 13.7. The highest BCUT2D eigenvalue weighted by Gasteiger charge is 2.04. The molecule has 1 N–H and O–H groups in total. The summed E-state index contributed by atoms with van der Waals surface area (Å²) in [7, 11) is 0. The van der Waals surface area contributed by atoms with Crippen LogP contribution in [0.4, 0.5) is 10.1 Å². The monoisotopic (exact) mass is 266 g/mol. The first kappa shape index (κ1) is 12.6. The number of hydrogen-bond acceptors (Lipinski definition) is 2. The quantitative estimate of drug-likeness (QED) is 0.764. The van der Waals surface area contributed by atoms with Gasteiger partial charge < -0.3 is 5.32 Å². The first-order valence-electron chi connectivity index (χ1n) is 6.57. The highest BCUT2D eigenvalue weighted by atomic mass is 19.1. The van der Waals surface area contributed by atoms with Crippen molar-refractivity contribution < 1.29 is 4.39 Å². The molecule has 0 fully saturated rings. The number of aryl methyl sites for hydroxylation is 1. The summed E-state index contributed by atoms with van der Waals surface area (Å²) in [6, 6.07) is 15.0. The Bertz CT molecular complexity index is 748. The number of para-hydroxylation sites is 1. The lowest BCUT2D eigenvalue weighted by atomic mass is 10.1. The largest absolute Gasteiger partial charge is 0.379 e. The van der Waals surface area contributed by atoms with Crippen LogP contribution in [0.3, 0.4) is 0 Å². The molecule has 3 heteroatoms. The molecule has 0 bridgehead atoms. The van der Waals surface area contributed by atoms with Crippen molar-refractivity contribution >= 4 is 16.6 Å². The standard InChI is InChI=1S/C17H15FN2/c1-12-6-7-15(18)17(10-12)20-11-13-8-9-19-16-5-3-2-4-14(13)16/h2-10,20H,11H2,1H3. The van der Waals surface area contributed by atoms with Crippen LogP contribution in [-0.2, 0) is 6.54 Å². The van der Waals surface area contributed by atoms with E-state index >= 15 is 0 Å². The molecule has 0 atom stereocenters. The Kier molecular flexibility index (Phi) is 3.33. The van der Waals surface area contributed by atoms with E-state index in [2.05, 4.69) is 10.3 Å². The highest BCUT2D eigenvalue weighted by Crippen LogP contribution is 2.20. The molecule has 100 valence electrons. The summed E-state index contributed by atoms with van der Waals surface area (Å²) in [6.07, 6.45) is 1.78. The van der Waals surface area contributed by atoms with E-state index in [0.29, 0.717) is 12.2 Å². The van der Waals surface area contributed by atoms with Gasteiger partial charge in [-0.3, -0.25) is 4.98 Å². The van der Waals surface area contributed by atoms with E-state index in [0.717, 1.165) is 22.0 Å². The molecule has 1 heterocycles. The number of anilines is 1. The minimum atomic E-state index is -0.228. The van der Waals surface area contributed by atoms with Gasteiger partial charge in [-0.1, -0.05) is 24.3 Å². The molecule has 0 aliphatic heterocycles. The smallest absolute Gasteiger partial charge is 0.146 e. The fourth-order valence-electron chi connectivity index (χ4n) is 2.27. The predicted octanol–water partition coefficient (Wildman–Crippen LogP) is 4.29. The molecule has 3 rings (SSSR count). The maximum absolute atomic E-state index is 13.7. The summed E-state index contributed by atoms with van der Waals surface area (Å²) < 4.78 is 13.7. The van der Waals surface area contributed by atoms with Crippen molar-refractivity contribution in [3.63, 3.8) is 0 Å². The van der Waals surface area contributed by atoms with Crippen molar-refractivity contribution in [3.8, 4) is 0 Å². The minimum absolute atomic E-state index is 0.228. The number of fused-ring (bicyclic) bond motifs is 1. The zero-order valence-electron chi connectivity index (χ0n) is 11.2. The van der Waals surface area contributed by atoms with Gasteiger partial charge in [0.25, 0.3) is 0 Å². The number of benzene rings is 2. The van der Waals surface area contributed by atoms with E-state index in [1.54, 1.807) is 12.3 Å². The van der Waals surface area contributed by atoms with Crippen LogP contribution in [0.15, 0.2) is 54.7 Å². The fourth-order valence-corrected chi connectivity index (χ4v) is 2.27. The number of nitrogens with one attached hydrogen (secondary N) is 1. The predicted molar refractivity (Wildman–Crippen MR) is 80.2 cm³/mol. The number of nitrogens with zero attached hydrogens (tertiary/aromatic N) is 1. The van der Waals surface area contributed by atoms with Crippen molar-refractivity contribution in [1.82, 2.24) is 4.98 Å².